The molecule has 1 heterocycles. The first-order valence-electron chi connectivity index (χ1n) is 9.26. The lowest BCUT2D eigenvalue weighted by Gasteiger charge is -2.33. The van der Waals surface area contributed by atoms with Gasteiger partial charge in [-0.05, 0) is 55.3 Å². The number of hydrogen-bond acceptors (Lipinski definition) is 6. The number of anilines is 1. The number of piperidine rings is 1. The Morgan fingerprint density at radius 2 is 1.81 bits per heavy atom. The van der Waals surface area contributed by atoms with Crippen LogP contribution in [-0.2, 0) is 14.8 Å². The highest BCUT2D eigenvalue weighted by molar-refractivity contribution is 7.90. The van der Waals surface area contributed by atoms with Gasteiger partial charge >= 0.3 is 6.61 Å². The fourth-order valence-electron chi connectivity index (χ4n) is 3.29. The highest BCUT2D eigenvalue weighted by Gasteiger charge is 2.29. The quantitative estimate of drug-likeness (QED) is 0.722. The molecule has 1 N–H and O–H groups in total. The number of carbonyl (C=O) groups is 1. The number of hydrogen-bond donors (Lipinski definition) is 1. The Bertz CT molecular complexity index is 1090. The molecule has 0 unspecified atom stereocenters. The van der Waals surface area contributed by atoms with Crippen molar-refractivity contribution in [3.63, 3.8) is 0 Å². The fraction of sp³-hybridized carbons (Fsp3) is 0.300. The van der Waals surface area contributed by atoms with Crippen molar-refractivity contribution in [2.45, 2.75) is 24.3 Å². The van der Waals surface area contributed by atoms with Crippen LogP contribution in [0.15, 0.2) is 47.4 Å². The molecule has 164 valence electrons. The van der Waals surface area contributed by atoms with Gasteiger partial charge < -0.3 is 9.64 Å². The van der Waals surface area contributed by atoms with Gasteiger partial charge in [0.1, 0.15) is 11.6 Å². The van der Waals surface area contributed by atoms with Crippen molar-refractivity contribution < 1.29 is 31.1 Å². The Morgan fingerprint density at radius 1 is 1.16 bits per heavy atom. The molecule has 1 aliphatic heterocycles. The van der Waals surface area contributed by atoms with Crippen molar-refractivity contribution in [1.82, 2.24) is 4.72 Å². The van der Waals surface area contributed by atoms with Crippen molar-refractivity contribution in [2.75, 3.05) is 18.0 Å². The summed E-state index contributed by atoms with van der Waals surface area (Å²) < 4.78 is 69.5. The molecule has 1 amide bonds. The first kappa shape index (κ1) is 22.4. The minimum atomic E-state index is -4.18. The second kappa shape index (κ2) is 9.26. The number of nitrogens with zero attached hydrogens (tertiary/aromatic N) is 2. The molecule has 0 saturated carbocycles. The molecule has 31 heavy (non-hydrogen) atoms. The lowest BCUT2D eigenvalue weighted by atomic mass is 9.96. The van der Waals surface area contributed by atoms with Crippen LogP contribution in [0.4, 0.5) is 18.9 Å². The number of sulfonamides is 1. The summed E-state index contributed by atoms with van der Waals surface area (Å²) in [7, 11) is -4.18. The molecule has 7 nitrogen and oxygen atoms in total. The maximum absolute atomic E-state index is 14.2. The summed E-state index contributed by atoms with van der Waals surface area (Å²) in [5.41, 5.74) is 0.520. The molecule has 2 aromatic rings. The van der Waals surface area contributed by atoms with Gasteiger partial charge in [-0.15, -0.1) is 0 Å². The zero-order chi connectivity index (χ0) is 22.6. The standard InChI is InChI=1S/C20H18F3N3O4S/c21-17-11-13(12-24)1-6-18(17)26-9-7-14(8-10-26)19(27)25-31(28,29)16-4-2-15(3-5-16)30-20(22)23/h1-6,11,14,20H,7-10H2,(H,25,27). The van der Waals surface area contributed by atoms with Crippen LogP contribution in [0.25, 0.3) is 0 Å². The van der Waals surface area contributed by atoms with Gasteiger partial charge in [-0.2, -0.15) is 14.0 Å². The Kier molecular flexibility index (Phi) is 6.70. The van der Waals surface area contributed by atoms with Crippen LogP contribution >= 0.6 is 0 Å². The van der Waals surface area contributed by atoms with E-state index in [9.17, 15) is 26.4 Å². The van der Waals surface area contributed by atoms with Gasteiger partial charge in [0, 0.05) is 19.0 Å². The summed E-state index contributed by atoms with van der Waals surface area (Å²) in [5, 5.41) is 8.82. The van der Waals surface area contributed by atoms with Crippen LogP contribution in [0.5, 0.6) is 5.75 Å². The summed E-state index contributed by atoms with van der Waals surface area (Å²) >= 11 is 0. The predicted octanol–water partition coefficient (Wildman–Crippen LogP) is 3.02. The number of nitriles is 1. The van der Waals surface area contributed by atoms with Gasteiger partial charge in [0.25, 0.3) is 10.0 Å². The maximum atomic E-state index is 14.2. The highest BCUT2D eigenvalue weighted by atomic mass is 32.2. The summed E-state index contributed by atoms with van der Waals surface area (Å²) in [6, 6.07) is 10.2. The lowest BCUT2D eigenvalue weighted by Crippen LogP contribution is -2.42. The molecule has 0 spiro atoms. The average molecular weight is 453 g/mol. The van der Waals surface area contributed by atoms with Gasteiger partial charge in [-0.3, -0.25) is 4.79 Å². The number of alkyl halides is 2. The van der Waals surface area contributed by atoms with E-state index in [4.69, 9.17) is 5.26 Å². The lowest BCUT2D eigenvalue weighted by molar-refractivity contribution is -0.123. The topological polar surface area (TPSA) is 99.5 Å². The zero-order valence-corrected chi connectivity index (χ0v) is 16.9. The SMILES string of the molecule is N#Cc1ccc(N2CCC(C(=O)NS(=O)(=O)c3ccc(OC(F)F)cc3)CC2)c(F)c1. The molecule has 2 aromatic carbocycles. The minimum Gasteiger partial charge on any atom is -0.435 e. The van der Waals surface area contributed by atoms with Gasteiger partial charge in [0.15, 0.2) is 0 Å². The third-order valence-corrected chi connectivity index (χ3v) is 6.24. The van der Waals surface area contributed by atoms with E-state index in [1.165, 1.54) is 12.1 Å². The second-order valence-corrected chi connectivity index (χ2v) is 8.54. The zero-order valence-electron chi connectivity index (χ0n) is 16.1. The van der Waals surface area contributed by atoms with Crippen molar-refractivity contribution in [1.29, 1.82) is 5.26 Å². The van der Waals surface area contributed by atoms with Crippen molar-refractivity contribution in [3.8, 4) is 11.8 Å². The van der Waals surface area contributed by atoms with Crippen LogP contribution < -0.4 is 14.4 Å². The molecule has 0 atom stereocenters. The number of rotatable bonds is 6. The normalized spacial score (nSPS) is 14.9. The summed E-state index contributed by atoms with van der Waals surface area (Å²) in [4.78, 5) is 13.9. The monoisotopic (exact) mass is 453 g/mol. The molecule has 3 rings (SSSR count). The summed E-state index contributed by atoms with van der Waals surface area (Å²) in [5.74, 6) is -2.02. The highest BCUT2D eigenvalue weighted by Crippen LogP contribution is 2.27. The molecule has 1 fully saturated rings. The molecular formula is C20H18F3N3O4S. The number of halogens is 3. The van der Waals surface area contributed by atoms with E-state index in [2.05, 4.69) is 4.74 Å². The van der Waals surface area contributed by atoms with E-state index in [1.54, 1.807) is 4.90 Å². The third kappa shape index (κ3) is 5.46. The Balaban J connectivity index is 1.60. The average Bonchev–Trinajstić information content (AvgIpc) is 2.73. The van der Waals surface area contributed by atoms with Crippen LogP contribution in [0.3, 0.4) is 0 Å². The van der Waals surface area contributed by atoms with Gasteiger partial charge in [-0.1, -0.05) is 0 Å². The van der Waals surface area contributed by atoms with Crippen LogP contribution in [0, 0.1) is 23.1 Å². The largest absolute Gasteiger partial charge is 0.435 e. The molecule has 1 saturated heterocycles. The Hall–Kier alpha value is -3.26. The Morgan fingerprint density at radius 3 is 2.35 bits per heavy atom. The van der Waals surface area contributed by atoms with Crippen molar-refractivity contribution in [3.05, 3.63) is 53.8 Å². The number of ether oxygens (including phenoxy) is 1. The van der Waals surface area contributed by atoms with E-state index in [0.717, 1.165) is 30.3 Å². The molecule has 1 aliphatic rings. The minimum absolute atomic E-state index is 0.203. The van der Waals surface area contributed by atoms with Crippen LogP contribution in [-0.4, -0.2) is 34.0 Å². The van der Waals surface area contributed by atoms with E-state index < -0.39 is 34.3 Å². The number of benzene rings is 2. The van der Waals surface area contributed by atoms with Crippen molar-refractivity contribution >= 4 is 21.6 Å². The molecular weight excluding hydrogens is 435 g/mol. The fourth-order valence-corrected chi connectivity index (χ4v) is 4.33. The molecule has 11 heteroatoms. The molecule has 0 bridgehead atoms. The van der Waals surface area contributed by atoms with Crippen LogP contribution in [0.2, 0.25) is 0 Å². The first-order valence-corrected chi connectivity index (χ1v) is 10.7. The Labute approximate surface area is 177 Å². The van der Waals surface area contributed by atoms with Gasteiger partial charge in [-0.25, -0.2) is 17.5 Å². The second-order valence-electron chi connectivity index (χ2n) is 6.86. The van der Waals surface area contributed by atoms with Gasteiger partial charge in [0.05, 0.1) is 22.2 Å². The smallest absolute Gasteiger partial charge is 0.387 e. The summed E-state index contributed by atoms with van der Waals surface area (Å²) in [6.07, 6.45) is 0.615. The number of carbonyl (C=O) groups excluding carboxylic acids is 1. The van der Waals surface area contributed by atoms with Crippen LogP contribution in [0.1, 0.15) is 18.4 Å². The van der Waals surface area contributed by atoms with E-state index >= 15 is 0 Å². The molecule has 0 aromatic heterocycles. The molecule has 0 aliphatic carbocycles. The van der Waals surface area contributed by atoms with E-state index in [1.807, 2.05) is 10.8 Å². The van der Waals surface area contributed by atoms with Crippen molar-refractivity contribution in [2.24, 2.45) is 5.92 Å². The predicted molar refractivity (Wildman–Crippen MR) is 104 cm³/mol. The first-order chi connectivity index (χ1) is 14.7. The number of nitrogens with one attached hydrogen (secondary N) is 1. The summed E-state index contributed by atoms with van der Waals surface area (Å²) in [6.45, 7) is -2.37. The van der Waals surface area contributed by atoms with Gasteiger partial charge in [0.2, 0.25) is 5.91 Å². The molecule has 0 radical (unpaired) electrons. The third-order valence-electron chi connectivity index (χ3n) is 4.88. The van der Waals surface area contributed by atoms with E-state index in [-0.39, 0.29) is 16.2 Å². The maximum Gasteiger partial charge on any atom is 0.387 e. The van der Waals surface area contributed by atoms with E-state index in [0.29, 0.717) is 31.6 Å². The number of amides is 1.